The average molecular weight is 298 g/mol. The second-order valence-corrected chi connectivity index (χ2v) is 6.01. The predicted molar refractivity (Wildman–Crippen MR) is 72.8 cm³/mol. The van der Waals surface area contributed by atoms with Crippen molar-refractivity contribution < 1.29 is 17.2 Å². The number of nitrogens with zero attached hydrogens (tertiary/aromatic N) is 1. The van der Waals surface area contributed by atoms with E-state index in [2.05, 4.69) is 0 Å². The molecule has 0 aliphatic heterocycles. The van der Waals surface area contributed by atoms with Gasteiger partial charge in [0.15, 0.2) is 0 Å². The van der Waals surface area contributed by atoms with Crippen LogP contribution in [0.2, 0.25) is 0 Å². The van der Waals surface area contributed by atoms with Gasteiger partial charge in [-0.3, -0.25) is 4.31 Å². The van der Waals surface area contributed by atoms with Crippen LogP contribution in [-0.4, -0.2) is 15.5 Å². The topological polar surface area (TPSA) is 63.4 Å². The number of nitrogens with two attached hydrogens (primary N) is 1. The number of hydrogen-bond acceptors (Lipinski definition) is 3. The van der Waals surface area contributed by atoms with Crippen LogP contribution in [-0.2, 0) is 10.0 Å². The molecular formula is C13H12F2N2O2S. The van der Waals surface area contributed by atoms with Crippen LogP contribution >= 0.6 is 0 Å². The first kappa shape index (κ1) is 14.3. The molecule has 0 fully saturated rings. The minimum Gasteiger partial charge on any atom is -0.395 e. The van der Waals surface area contributed by atoms with Crippen molar-refractivity contribution in [1.82, 2.24) is 0 Å². The number of rotatable bonds is 3. The highest BCUT2D eigenvalue weighted by Gasteiger charge is 2.26. The molecule has 0 atom stereocenters. The quantitative estimate of drug-likeness (QED) is 0.885. The van der Waals surface area contributed by atoms with Gasteiger partial charge in [-0.2, -0.15) is 0 Å². The Hall–Kier alpha value is -2.15. The molecule has 0 unspecified atom stereocenters. The van der Waals surface area contributed by atoms with Gasteiger partial charge < -0.3 is 5.73 Å². The second-order valence-electron chi connectivity index (χ2n) is 4.08. The largest absolute Gasteiger partial charge is 0.395 e. The molecule has 0 saturated heterocycles. The summed E-state index contributed by atoms with van der Waals surface area (Å²) in [7, 11) is -2.96. The van der Waals surface area contributed by atoms with Crippen LogP contribution in [0.25, 0.3) is 0 Å². The summed E-state index contributed by atoms with van der Waals surface area (Å²) in [5.41, 5.74) is 4.82. The summed E-state index contributed by atoms with van der Waals surface area (Å²) in [4.78, 5) is -0.400. The highest BCUT2D eigenvalue weighted by atomic mass is 32.2. The molecule has 2 N–H and O–H groups in total. The molecule has 7 heteroatoms. The van der Waals surface area contributed by atoms with Gasteiger partial charge in [-0.25, -0.2) is 17.2 Å². The third kappa shape index (κ3) is 2.32. The van der Waals surface area contributed by atoms with Gasteiger partial charge in [-0.15, -0.1) is 0 Å². The fourth-order valence-corrected chi connectivity index (χ4v) is 3.05. The maximum absolute atomic E-state index is 13.7. The van der Waals surface area contributed by atoms with Gasteiger partial charge in [0.2, 0.25) is 0 Å². The fraction of sp³-hybridized carbons (Fsp3) is 0.0769. The Morgan fingerprint density at radius 1 is 1.00 bits per heavy atom. The molecule has 2 aromatic carbocycles. The maximum Gasteiger partial charge on any atom is 0.266 e. The van der Waals surface area contributed by atoms with E-state index in [-0.39, 0.29) is 5.69 Å². The van der Waals surface area contributed by atoms with E-state index in [1.165, 1.54) is 37.4 Å². The highest BCUT2D eigenvalue weighted by Crippen LogP contribution is 2.28. The Balaban J connectivity index is 2.56. The molecule has 0 radical (unpaired) electrons. The van der Waals surface area contributed by atoms with Crippen molar-refractivity contribution in [2.45, 2.75) is 4.90 Å². The smallest absolute Gasteiger partial charge is 0.266 e. The van der Waals surface area contributed by atoms with Crippen molar-refractivity contribution in [3.63, 3.8) is 0 Å². The fourth-order valence-electron chi connectivity index (χ4n) is 1.73. The number of sulfonamides is 1. The van der Waals surface area contributed by atoms with Crippen LogP contribution in [0.3, 0.4) is 0 Å². The molecule has 0 spiro atoms. The molecule has 0 heterocycles. The number of hydrogen-bond donors (Lipinski definition) is 1. The summed E-state index contributed by atoms with van der Waals surface area (Å²) in [5, 5.41) is 0. The molecule has 0 bridgehead atoms. The number of benzene rings is 2. The molecule has 0 amide bonds. The molecule has 2 rings (SSSR count). The van der Waals surface area contributed by atoms with E-state index in [0.29, 0.717) is 0 Å². The van der Waals surface area contributed by atoms with Gasteiger partial charge in [-0.1, -0.05) is 18.2 Å². The average Bonchev–Trinajstić information content (AvgIpc) is 2.41. The summed E-state index contributed by atoms with van der Waals surface area (Å²) < 4.78 is 52.5. The van der Waals surface area contributed by atoms with Gasteiger partial charge >= 0.3 is 0 Å². The van der Waals surface area contributed by atoms with E-state index in [9.17, 15) is 17.2 Å². The van der Waals surface area contributed by atoms with Crippen molar-refractivity contribution >= 4 is 21.4 Å². The first-order chi connectivity index (χ1) is 9.35. The molecule has 4 nitrogen and oxygen atoms in total. The van der Waals surface area contributed by atoms with Crippen LogP contribution in [0, 0.1) is 11.6 Å². The first-order valence-corrected chi connectivity index (χ1v) is 7.07. The SMILES string of the molecule is CN(c1ccccc1F)S(=O)(=O)c1cccc(F)c1N. The number of anilines is 2. The Bertz CT molecular complexity index is 748. The van der Waals surface area contributed by atoms with Crippen LogP contribution in [0.4, 0.5) is 20.2 Å². The molecule has 20 heavy (non-hydrogen) atoms. The number of nitrogen functional groups attached to an aromatic ring is 1. The van der Waals surface area contributed by atoms with Gasteiger partial charge in [0.05, 0.1) is 11.4 Å². The van der Waals surface area contributed by atoms with E-state index in [1.807, 2.05) is 0 Å². The zero-order valence-electron chi connectivity index (χ0n) is 10.5. The Morgan fingerprint density at radius 2 is 1.60 bits per heavy atom. The maximum atomic E-state index is 13.7. The lowest BCUT2D eigenvalue weighted by atomic mass is 10.3. The van der Waals surface area contributed by atoms with Crippen LogP contribution in [0.15, 0.2) is 47.4 Å². The first-order valence-electron chi connectivity index (χ1n) is 5.63. The highest BCUT2D eigenvalue weighted by molar-refractivity contribution is 7.93. The number of halogens is 2. The minimum atomic E-state index is -4.14. The summed E-state index contributed by atoms with van der Waals surface area (Å²) in [6, 6.07) is 8.84. The summed E-state index contributed by atoms with van der Waals surface area (Å²) >= 11 is 0. The van der Waals surface area contributed by atoms with E-state index in [1.54, 1.807) is 0 Å². The Labute approximate surface area is 115 Å². The zero-order chi connectivity index (χ0) is 14.9. The van der Waals surface area contributed by atoms with E-state index < -0.39 is 32.2 Å². The molecule has 0 aromatic heterocycles. The van der Waals surface area contributed by atoms with Crippen molar-refractivity contribution in [3.05, 3.63) is 54.1 Å². The lowest BCUT2D eigenvalue weighted by Gasteiger charge is -2.20. The molecule has 2 aromatic rings. The zero-order valence-corrected chi connectivity index (χ0v) is 11.4. The third-order valence-electron chi connectivity index (χ3n) is 2.84. The van der Waals surface area contributed by atoms with E-state index in [4.69, 9.17) is 5.73 Å². The van der Waals surface area contributed by atoms with Crippen LogP contribution < -0.4 is 10.0 Å². The van der Waals surface area contributed by atoms with Crippen LogP contribution in [0.5, 0.6) is 0 Å². The normalized spacial score (nSPS) is 11.3. The van der Waals surface area contributed by atoms with Gasteiger partial charge in [-0.05, 0) is 24.3 Å². The Kier molecular flexibility index (Phi) is 3.63. The third-order valence-corrected chi connectivity index (χ3v) is 4.67. The molecular weight excluding hydrogens is 286 g/mol. The Morgan fingerprint density at radius 3 is 2.25 bits per heavy atom. The van der Waals surface area contributed by atoms with Gasteiger partial charge in [0.25, 0.3) is 10.0 Å². The predicted octanol–water partition coefficient (Wildman–Crippen LogP) is 2.37. The standard InChI is InChI=1S/C13H12F2N2O2S/c1-17(11-7-3-2-5-9(11)14)20(18,19)12-8-4-6-10(15)13(12)16/h2-8H,16H2,1H3. The van der Waals surface area contributed by atoms with Gasteiger partial charge in [0.1, 0.15) is 16.5 Å². The van der Waals surface area contributed by atoms with E-state index >= 15 is 0 Å². The molecule has 106 valence electrons. The van der Waals surface area contributed by atoms with Crippen LogP contribution in [0.1, 0.15) is 0 Å². The minimum absolute atomic E-state index is 0.142. The number of para-hydroxylation sites is 2. The van der Waals surface area contributed by atoms with Crippen molar-refractivity contribution in [3.8, 4) is 0 Å². The molecule has 0 aliphatic carbocycles. The lowest BCUT2D eigenvalue weighted by molar-refractivity contribution is 0.587. The summed E-state index contributed by atoms with van der Waals surface area (Å²) in [6.07, 6.45) is 0. The van der Waals surface area contributed by atoms with Crippen molar-refractivity contribution in [1.29, 1.82) is 0 Å². The van der Waals surface area contributed by atoms with Gasteiger partial charge in [0, 0.05) is 7.05 Å². The monoisotopic (exact) mass is 298 g/mol. The molecule has 0 saturated carbocycles. The summed E-state index contributed by atoms with van der Waals surface area (Å²) in [6.45, 7) is 0. The molecule has 0 aliphatic rings. The van der Waals surface area contributed by atoms with Crippen molar-refractivity contribution in [2.75, 3.05) is 17.1 Å². The van der Waals surface area contributed by atoms with E-state index in [0.717, 1.165) is 16.4 Å². The summed E-state index contributed by atoms with van der Waals surface area (Å²) in [5.74, 6) is -1.54. The second kappa shape index (κ2) is 5.09. The van der Waals surface area contributed by atoms with Crippen molar-refractivity contribution in [2.24, 2.45) is 0 Å². The lowest BCUT2D eigenvalue weighted by Crippen LogP contribution is -2.28.